The smallest absolute Gasteiger partial charge is 0.191 e. The van der Waals surface area contributed by atoms with Gasteiger partial charge in [-0.05, 0) is 30.7 Å². The molecule has 2 N–H and O–H groups in total. The second kappa shape index (κ2) is 10.8. The Morgan fingerprint density at radius 2 is 2.09 bits per heavy atom. The van der Waals surface area contributed by atoms with Crippen LogP contribution in [0.1, 0.15) is 12.5 Å². The predicted molar refractivity (Wildman–Crippen MR) is 108 cm³/mol. The number of halogens is 1. The summed E-state index contributed by atoms with van der Waals surface area (Å²) in [5, 5.41) is 6.41. The number of hydrogen-bond acceptors (Lipinski definition) is 2. The summed E-state index contributed by atoms with van der Waals surface area (Å²) >= 11 is 0. The number of aliphatic imine (C=N–C) groups is 1. The van der Waals surface area contributed by atoms with Crippen LogP contribution in [0.15, 0.2) is 66.3 Å². The maximum atomic E-state index is 4.58. The third-order valence-corrected chi connectivity index (χ3v) is 3.07. The van der Waals surface area contributed by atoms with Gasteiger partial charge in [0.2, 0.25) is 0 Å². The van der Waals surface area contributed by atoms with Crippen LogP contribution < -0.4 is 10.6 Å². The maximum Gasteiger partial charge on any atom is 0.191 e. The molecule has 122 valence electrons. The molecule has 0 aliphatic rings. The van der Waals surface area contributed by atoms with Crippen molar-refractivity contribution < 1.29 is 0 Å². The van der Waals surface area contributed by atoms with E-state index in [0.29, 0.717) is 13.1 Å². The molecule has 1 aromatic heterocycles. The van der Waals surface area contributed by atoms with Gasteiger partial charge in [0.25, 0.3) is 0 Å². The molecular formula is C18H23IN4. The van der Waals surface area contributed by atoms with Gasteiger partial charge in [0.05, 0.1) is 12.2 Å². The SMILES string of the molecule is C=CCNC(=NCc1cccc(-c2ccccn2)c1)NCC.I. The molecule has 0 aliphatic carbocycles. The van der Waals surface area contributed by atoms with Crippen molar-refractivity contribution in [2.75, 3.05) is 13.1 Å². The van der Waals surface area contributed by atoms with Crippen LogP contribution in [-0.4, -0.2) is 24.0 Å². The summed E-state index contributed by atoms with van der Waals surface area (Å²) < 4.78 is 0. The highest BCUT2D eigenvalue weighted by Gasteiger charge is 2.00. The Bertz CT molecular complexity index is 626. The van der Waals surface area contributed by atoms with E-state index in [2.05, 4.69) is 45.4 Å². The number of rotatable bonds is 6. The number of guanidine groups is 1. The molecule has 0 saturated heterocycles. The minimum absolute atomic E-state index is 0. The van der Waals surface area contributed by atoms with Crippen LogP contribution in [0, 0.1) is 0 Å². The largest absolute Gasteiger partial charge is 0.357 e. The standard InChI is InChI=1S/C18H22N4.HI/c1-3-11-21-18(19-4-2)22-14-15-8-7-9-16(13-15)17-10-5-6-12-20-17;/h3,5-10,12-13H,1,4,11,14H2,2H3,(H2,19,21,22);1H. The molecule has 2 aromatic rings. The topological polar surface area (TPSA) is 49.3 Å². The van der Waals surface area contributed by atoms with Gasteiger partial charge in [-0.25, -0.2) is 4.99 Å². The van der Waals surface area contributed by atoms with Gasteiger partial charge in [-0.1, -0.05) is 30.3 Å². The number of nitrogens with zero attached hydrogens (tertiary/aromatic N) is 2. The van der Waals surface area contributed by atoms with Crippen LogP contribution in [0.2, 0.25) is 0 Å². The lowest BCUT2D eigenvalue weighted by molar-refractivity contribution is 0.860. The van der Waals surface area contributed by atoms with E-state index in [0.717, 1.165) is 29.3 Å². The van der Waals surface area contributed by atoms with Crippen LogP contribution in [-0.2, 0) is 6.54 Å². The summed E-state index contributed by atoms with van der Waals surface area (Å²) in [5.74, 6) is 0.797. The predicted octanol–water partition coefficient (Wildman–Crippen LogP) is 3.61. The fourth-order valence-electron chi connectivity index (χ4n) is 2.04. The number of aromatic nitrogens is 1. The first kappa shape index (κ1) is 19.2. The second-order valence-electron chi connectivity index (χ2n) is 4.78. The van der Waals surface area contributed by atoms with Gasteiger partial charge < -0.3 is 10.6 Å². The minimum Gasteiger partial charge on any atom is -0.357 e. The molecule has 0 bridgehead atoms. The van der Waals surface area contributed by atoms with Crippen LogP contribution in [0.4, 0.5) is 0 Å². The quantitative estimate of drug-likeness (QED) is 0.324. The molecule has 4 nitrogen and oxygen atoms in total. The Hall–Kier alpha value is -1.89. The maximum absolute atomic E-state index is 4.58. The van der Waals surface area contributed by atoms with Crippen molar-refractivity contribution in [3.63, 3.8) is 0 Å². The average Bonchev–Trinajstić information content (AvgIpc) is 2.58. The lowest BCUT2D eigenvalue weighted by atomic mass is 10.1. The lowest BCUT2D eigenvalue weighted by Crippen LogP contribution is -2.37. The highest BCUT2D eigenvalue weighted by Crippen LogP contribution is 2.18. The van der Waals surface area contributed by atoms with Crippen molar-refractivity contribution in [3.8, 4) is 11.3 Å². The van der Waals surface area contributed by atoms with Crippen molar-refractivity contribution >= 4 is 29.9 Å². The fourth-order valence-corrected chi connectivity index (χ4v) is 2.04. The van der Waals surface area contributed by atoms with Gasteiger partial charge in [0, 0.05) is 24.8 Å². The molecule has 1 aromatic carbocycles. The van der Waals surface area contributed by atoms with E-state index in [9.17, 15) is 0 Å². The fraction of sp³-hybridized carbons (Fsp3) is 0.222. The molecule has 0 atom stereocenters. The number of benzene rings is 1. The Balaban J connectivity index is 0.00000264. The monoisotopic (exact) mass is 422 g/mol. The zero-order chi connectivity index (χ0) is 15.6. The van der Waals surface area contributed by atoms with Gasteiger partial charge in [-0.15, -0.1) is 30.6 Å². The normalized spacial score (nSPS) is 10.6. The Kier molecular flexibility index (Phi) is 8.97. The number of nitrogens with one attached hydrogen (secondary N) is 2. The van der Waals surface area contributed by atoms with E-state index in [1.165, 1.54) is 0 Å². The molecule has 0 aliphatic heterocycles. The van der Waals surface area contributed by atoms with Crippen molar-refractivity contribution in [2.45, 2.75) is 13.5 Å². The molecular weight excluding hydrogens is 399 g/mol. The average molecular weight is 422 g/mol. The minimum atomic E-state index is 0. The first-order chi connectivity index (χ1) is 10.8. The van der Waals surface area contributed by atoms with Crippen LogP contribution >= 0.6 is 24.0 Å². The summed E-state index contributed by atoms with van der Waals surface area (Å²) in [5.41, 5.74) is 3.24. The summed E-state index contributed by atoms with van der Waals surface area (Å²) in [6, 6.07) is 14.2. The second-order valence-corrected chi connectivity index (χ2v) is 4.78. The zero-order valence-corrected chi connectivity index (χ0v) is 15.7. The molecule has 23 heavy (non-hydrogen) atoms. The first-order valence-corrected chi connectivity index (χ1v) is 7.47. The highest BCUT2D eigenvalue weighted by molar-refractivity contribution is 14.0. The molecule has 0 amide bonds. The van der Waals surface area contributed by atoms with E-state index < -0.39 is 0 Å². The summed E-state index contributed by atoms with van der Waals surface area (Å²) in [6.45, 7) is 7.90. The molecule has 0 radical (unpaired) electrons. The van der Waals surface area contributed by atoms with E-state index in [1.54, 1.807) is 0 Å². The molecule has 0 saturated carbocycles. The third kappa shape index (κ3) is 6.40. The van der Waals surface area contributed by atoms with Crippen LogP contribution in [0.25, 0.3) is 11.3 Å². The molecule has 0 fully saturated rings. The Labute approximate surface area is 155 Å². The van der Waals surface area contributed by atoms with Gasteiger partial charge >= 0.3 is 0 Å². The molecule has 1 heterocycles. The molecule has 0 unspecified atom stereocenters. The first-order valence-electron chi connectivity index (χ1n) is 7.47. The van der Waals surface area contributed by atoms with Crippen LogP contribution in [0.5, 0.6) is 0 Å². The van der Waals surface area contributed by atoms with E-state index in [1.807, 2.05) is 43.5 Å². The van der Waals surface area contributed by atoms with E-state index in [4.69, 9.17) is 0 Å². The van der Waals surface area contributed by atoms with Crippen LogP contribution in [0.3, 0.4) is 0 Å². The lowest BCUT2D eigenvalue weighted by Gasteiger charge is -2.09. The van der Waals surface area contributed by atoms with Crippen molar-refractivity contribution in [3.05, 3.63) is 66.9 Å². The van der Waals surface area contributed by atoms with E-state index >= 15 is 0 Å². The van der Waals surface area contributed by atoms with Gasteiger partial charge in [-0.3, -0.25) is 4.98 Å². The number of pyridine rings is 1. The van der Waals surface area contributed by atoms with Crippen molar-refractivity contribution in [2.24, 2.45) is 4.99 Å². The van der Waals surface area contributed by atoms with Crippen molar-refractivity contribution in [1.82, 2.24) is 15.6 Å². The zero-order valence-electron chi connectivity index (χ0n) is 13.3. The summed E-state index contributed by atoms with van der Waals surface area (Å²) in [7, 11) is 0. The Morgan fingerprint density at radius 1 is 1.22 bits per heavy atom. The van der Waals surface area contributed by atoms with Gasteiger partial charge in [0.15, 0.2) is 5.96 Å². The molecule has 0 spiro atoms. The molecule has 5 heteroatoms. The highest BCUT2D eigenvalue weighted by atomic mass is 127. The van der Waals surface area contributed by atoms with E-state index in [-0.39, 0.29) is 24.0 Å². The summed E-state index contributed by atoms with van der Waals surface area (Å²) in [6.07, 6.45) is 3.62. The Morgan fingerprint density at radius 3 is 2.78 bits per heavy atom. The summed E-state index contributed by atoms with van der Waals surface area (Å²) in [4.78, 5) is 8.97. The van der Waals surface area contributed by atoms with Gasteiger partial charge in [-0.2, -0.15) is 0 Å². The molecule has 2 rings (SSSR count). The van der Waals surface area contributed by atoms with Crippen molar-refractivity contribution in [1.29, 1.82) is 0 Å². The number of hydrogen-bond donors (Lipinski definition) is 2. The third-order valence-electron chi connectivity index (χ3n) is 3.07. The van der Waals surface area contributed by atoms with Gasteiger partial charge in [0.1, 0.15) is 0 Å².